The number of nitrogens with one attached hydrogen (secondary N) is 2. The van der Waals surface area contributed by atoms with Crippen LogP contribution in [0.2, 0.25) is 0 Å². The van der Waals surface area contributed by atoms with Crippen molar-refractivity contribution in [2.75, 3.05) is 5.32 Å². The number of anilines is 2. The van der Waals surface area contributed by atoms with Crippen molar-refractivity contribution in [1.29, 1.82) is 0 Å². The summed E-state index contributed by atoms with van der Waals surface area (Å²) in [7, 11) is 0. The molecule has 0 radical (unpaired) electrons. The highest BCUT2D eigenvalue weighted by Crippen LogP contribution is 2.46. The Morgan fingerprint density at radius 2 is 1.28 bits per heavy atom. The summed E-state index contributed by atoms with van der Waals surface area (Å²) in [6.07, 6.45) is 0. The molecule has 0 aliphatic carbocycles. The molecule has 0 saturated heterocycles. The molecule has 1 aromatic heterocycles. The topological polar surface area (TPSA) is 37.0 Å². The molecule has 138 valence electrons. The molecule has 6 rings (SSSR count). The van der Waals surface area contributed by atoms with Gasteiger partial charge in [-0.1, -0.05) is 72.8 Å². The third kappa shape index (κ3) is 2.59. The van der Waals surface area contributed by atoms with Crippen LogP contribution in [0.25, 0.3) is 33.3 Å². The number of rotatable bonds is 2. The van der Waals surface area contributed by atoms with Gasteiger partial charge in [0.05, 0.1) is 17.1 Å². The predicted octanol–water partition coefficient (Wildman–Crippen LogP) is 7.35. The first kappa shape index (κ1) is 16.0. The first-order valence-electron chi connectivity index (χ1n) is 9.71. The molecule has 0 spiro atoms. The van der Waals surface area contributed by atoms with Gasteiger partial charge in [0.1, 0.15) is 0 Å². The van der Waals surface area contributed by atoms with Crippen LogP contribution in [0, 0.1) is 0 Å². The van der Waals surface area contributed by atoms with Gasteiger partial charge < -0.3 is 15.0 Å². The van der Waals surface area contributed by atoms with Crippen LogP contribution >= 0.6 is 0 Å². The minimum atomic E-state index is 0.840. The Morgan fingerprint density at radius 1 is 0.586 bits per heavy atom. The van der Waals surface area contributed by atoms with Crippen LogP contribution in [0.15, 0.2) is 97.1 Å². The monoisotopic (exact) mass is 374 g/mol. The van der Waals surface area contributed by atoms with Gasteiger partial charge in [-0.15, -0.1) is 0 Å². The van der Waals surface area contributed by atoms with E-state index in [4.69, 9.17) is 4.74 Å². The average molecular weight is 374 g/mol. The molecule has 29 heavy (non-hydrogen) atoms. The quantitative estimate of drug-likeness (QED) is 0.332. The van der Waals surface area contributed by atoms with Crippen LogP contribution in [-0.2, 0) is 0 Å². The fourth-order valence-electron chi connectivity index (χ4n) is 4.05. The van der Waals surface area contributed by atoms with Crippen molar-refractivity contribution in [3.05, 3.63) is 97.1 Å². The summed E-state index contributed by atoms with van der Waals surface area (Å²) in [5.74, 6) is 1.69. The summed E-state index contributed by atoms with van der Waals surface area (Å²) in [4.78, 5) is 3.66. The summed E-state index contributed by atoms with van der Waals surface area (Å²) >= 11 is 0. The maximum atomic E-state index is 6.21. The standard InChI is InChI=1S/C26H18N2O/c1-3-9-17(10-4-1)25-19-15-24-22(27-20-13-7-8-14-23(20)29-24)16-21(19)28-26(25)18-11-5-2-6-12-18/h1-16,27-28H. The zero-order chi connectivity index (χ0) is 19.2. The minimum Gasteiger partial charge on any atom is -0.453 e. The number of fused-ring (bicyclic) bond motifs is 3. The molecule has 0 bridgehead atoms. The van der Waals surface area contributed by atoms with E-state index < -0.39 is 0 Å². The molecule has 4 aromatic carbocycles. The first-order chi connectivity index (χ1) is 14.4. The van der Waals surface area contributed by atoms with E-state index >= 15 is 0 Å². The van der Waals surface area contributed by atoms with E-state index in [1.807, 2.05) is 36.4 Å². The number of ether oxygens (including phenoxy) is 1. The van der Waals surface area contributed by atoms with E-state index in [-0.39, 0.29) is 0 Å². The highest BCUT2D eigenvalue weighted by atomic mass is 16.5. The van der Waals surface area contributed by atoms with Gasteiger partial charge >= 0.3 is 0 Å². The largest absolute Gasteiger partial charge is 0.453 e. The van der Waals surface area contributed by atoms with Crippen LogP contribution in [0.3, 0.4) is 0 Å². The lowest BCUT2D eigenvalue weighted by molar-refractivity contribution is 0.482. The Labute approximate surface area is 168 Å². The number of benzene rings is 4. The van der Waals surface area contributed by atoms with Crippen LogP contribution in [0.4, 0.5) is 11.4 Å². The number of aromatic amines is 1. The second-order valence-electron chi connectivity index (χ2n) is 7.22. The minimum absolute atomic E-state index is 0.840. The van der Waals surface area contributed by atoms with Crippen molar-refractivity contribution in [3.8, 4) is 33.9 Å². The number of para-hydroxylation sites is 2. The van der Waals surface area contributed by atoms with Gasteiger partial charge in [-0.3, -0.25) is 0 Å². The lowest BCUT2D eigenvalue weighted by Gasteiger charge is -2.21. The summed E-state index contributed by atoms with van der Waals surface area (Å²) in [6, 6.07) is 33.3. The van der Waals surface area contributed by atoms with Crippen LogP contribution in [0.5, 0.6) is 11.5 Å². The molecule has 2 heterocycles. The van der Waals surface area contributed by atoms with Crippen molar-refractivity contribution >= 4 is 22.3 Å². The molecular formula is C26H18N2O. The van der Waals surface area contributed by atoms with Gasteiger partial charge in [0.2, 0.25) is 0 Å². The van der Waals surface area contributed by atoms with Gasteiger partial charge in [-0.05, 0) is 35.4 Å². The third-order valence-corrected chi connectivity index (χ3v) is 5.40. The molecule has 1 aliphatic rings. The zero-order valence-corrected chi connectivity index (χ0v) is 15.6. The van der Waals surface area contributed by atoms with Crippen LogP contribution in [-0.4, -0.2) is 4.98 Å². The highest BCUT2D eigenvalue weighted by Gasteiger charge is 2.21. The summed E-state index contributed by atoms with van der Waals surface area (Å²) in [5, 5.41) is 4.64. The van der Waals surface area contributed by atoms with Crippen molar-refractivity contribution < 1.29 is 4.74 Å². The lowest BCUT2D eigenvalue weighted by Crippen LogP contribution is -2.02. The molecule has 0 saturated carbocycles. The Morgan fingerprint density at radius 3 is 2.07 bits per heavy atom. The average Bonchev–Trinajstić information content (AvgIpc) is 3.15. The van der Waals surface area contributed by atoms with Gasteiger partial charge in [-0.2, -0.15) is 0 Å². The second kappa shape index (κ2) is 6.28. The van der Waals surface area contributed by atoms with Crippen LogP contribution in [0.1, 0.15) is 0 Å². The fourth-order valence-corrected chi connectivity index (χ4v) is 4.05. The van der Waals surface area contributed by atoms with E-state index in [9.17, 15) is 0 Å². The number of aromatic nitrogens is 1. The van der Waals surface area contributed by atoms with Crippen molar-refractivity contribution in [2.45, 2.75) is 0 Å². The fraction of sp³-hybridized carbons (Fsp3) is 0. The van der Waals surface area contributed by atoms with Gasteiger partial charge in [0.25, 0.3) is 0 Å². The Bertz CT molecular complexity index is 1340. The number of hydrogen-bond donors (Lipinski definition) is 2. The molecule has 3 nitrogen and oxygen atoms in total. The Balaban J connectivity index is 1.61. The van der Waals surface area contributed by atoms with Crippen LogP contribution < -0.4 is 10.1 Å². The summed E-state index contributed by atoms with van der Waals surface area (Å²) in [5.41, 5.74) is 7.69. The number of hydrogen-bond acceptors (Lipinski definition) is 2. The van der Waals surface area contributed by atoms with Crippen molar-refractivity contribution in [2.24, 2.45) is 0 Å². The lowest BCUT2D eigenvalue weighted by atomic mass is 9.98. The molecule has 3 heteroatoms. The molecular weight excluding hydrogens is 356 g/mol. The highest BCUT2D eigenvalue weighted by molar-refractivity contribution is 6.06. The van der Waals surface area contributed by atoms with Crippen molar-refractivity contribution in [1.82, 2.24) is 4.98 Å². The molecule has 0 atom stereocenters. The third-order valence-electron chi connectivity index (χ3n) is 5.40. The second-order valence-corrected chi connectivity index (χ2v) is 7.22. The number of H-pyrrole nitrogens is 1. The molecule has 1 aliphatic heterocycles. The van der Waals surface area contributed by atoms with Crippen molar-refractivity contribution in [3.63, 3.8) is 0 Å². The normalized spacial score (nSPS) is 12.0. The molecule has 0 amide bonds. The van der Waals surface area contributed by atoms with Gasteiger partial charge in [-0.25, -0.2) is 0 Å². The molecule has 2 N–H and O–H groups in total. The SMILES string of the molecule is c1ccc(-c2[nH]c3cc4c(cc3c2-c2ccccc2)Oc2ccccc2N4)cc1. The molecule has 5 aromatic rings. The predicted molar refractivity (Wildman–Crippen MR) is 119 cm³/mol. The van der Waals surface area contributed by atoms with E-state index in [1.54, 1.807) is 0 Å². The maximum absolute atomic E-state index is 6.21. The Hall–Kier alpha value is -3.98. The maximum Gasteiger partial charge on any atom is 0.151 e. The van der Waals surface area contributed by atoms with E-state index in [0.717, 1.165) is 45.0 Å². The zero-order valence-electron chi connectivity index (χ0n) is 15.6. The Kier molecular flexibility index (Phi) is 3.47. The van der Waals surface area contributed by atoms with Gasteiger partial charge in [0, 0.05) is 16.5 Å². The first-order valence-corrected chi connectivity index (χ1v) is 9.71. The van der Waals surface area contributed by atoms with Gasteiger partial charge in [0.15, 0.2) is 11.5 Å². The van der Waals surface area contributed by atoms with E-state index in [1.165, 1.54) is 11.1 Å². The van der Waals surface area contributed by atoms with E-state index in [0.29, 0.717) is 0 Å². The molecule has 0 fully saturated rings. The summed E-state index contributed by atoms with van der Waals surface area (Å²) < 4.78 is 6.21. The summed E-state index contributed by atoms with van der Waals surface area (Å²) in [6.45, 7) is 0. The molecule has 0 unspecified atom stereocenters. The smallest absolute Gasteiger partial charge is 0.151 e. The van der Waals surface area contributed by atoms with E-state index in [2.05, 4.69) is 71.0 Å².